The van der Waals surface area contributed by atoms with Crippen molar-refractivity contribution in [1.82, 2.24) is 0 Å². The van der Waals surface area contributed by atoms with Gasteiger partial charge in [0.1, 0.15) is 0 Å². The Hall–Kier alpha value is -3.73. The third kappa shape index (κ3) is 3.43. The van der Waals surface area contributed by atoms with Gasteiger partial charge < -0.3 is 4.90 Å². The van der Waals surface area contributed by atoms with E-state index in [2.05, 4.69) is 0 Å². The number of fused-ring (bicyclic) bond motifs is 1. The third-order valence-electron chi connectivity index (χ3n) is 5.01. The number of imide groups is 1. The molecule has 5 heteroatoms. The second-order valence-corrected chi connectivity index (χ2v) is 6.98. The number of hydrogen-bond acceptors (Lipinski definition) is 3. The average Bonchev–Trinajstić information content (AvgIpc) is 2.86. The SMILES string of the molecule is CC1CC(=O)N(C(=O)c2ccccc2)c2ccccc2N1C(=O)c1ccccc1. The van der Waals surface area contributed by atoms with Crippen LogP contribution in [-0.2, 0) is 4.79 Å². The average molecular weight is 384 g/mol. The number of carbonyl (C=O) groups is 3. The summed E-state index contributed by atoms with van der Waals surface area (Å²) >= 11 is 0. The molecule has 4 rings (SSSR count). The Balaban J connectivity index is 1.83. The Morgan fingerprint density at radius 2 is 1.21 bits per heavy atom. The van der Waals surface area contributed by atoms with Gasteiger partial charge in [-0.15, -0.1) is 0 Å². The first-order chi connectivity index (χ1) is 14.1. The highest BCUT2D eigenvalue weighted by molar-refractivity contribution is 6.24. The summed E-state index contributed by atoms with van der Waals surface area (Å²) in [5.74, 6) is -0.932. The topological polar surface area (TPSA) is 57.7 Å². The molecule has 0 saturated carbocycles. The highest BCUT2D eigenvalue weighted by atomic mass is 16.2. The zero-order chi connectivity index (χ0) is 20.4. The van der Waals surface area contributed by atoms with Crippen LogP contribution < -0.4 is 9.80 Å². The summed E-state index contributed by atoms with van der Waals surface area (Å²) < 4.78 is 0. The molecule has 1 aliphatic heterocycles. The smallest absolute Gasteiger partial charge is 0.265 e. The van der Waals surface area contributed by atoms with Crippen molar-refractivity contribution in [1.29, 1.82) is 0 Å². The maximum atomic E-state index is 13.3. The van der Waals surface area contributed by atoms with E-state index < -0.39 is 11.9 Å². The van der Waals surface area contributed by atoms with Crippen LogP contribution in [0.5, 0.6) is 0 Å². The maximum Gasteiger partial charge on any atom is 0.265 e. The van der Waals surface area contributed by atoms with Gasteiger partial charge in [-0.3, -0.25) is 14.4 Å². The molecular formula is C24H20N2O3. The zero-order valence-corrected chi connectivity index (χ0v) is 16.0. The monoisotopic (exact) mass is 384 g/mol. The molecule has 3 amide bonds. The molecule has 144 valence electrons. The summed E-state index contributed by atoms with van der Waals surface area (Å²) in [5, 5.41) is 0. The number of carbonyl (C=O) groups excluding carboxylic acids is 3. The van der Waals surface area contributed by atoms with Gasteiger partial charge >= 0.3 is 0 Å². The molecule has 3 aromatic carbocycles. The fourth-order valence-electron chi connectivity index (χ4n) is 3.63. The van der Waals surface area contributed by atoms with Gasteiger partial charge in [-0.2, -0.15) is 0 Å². The Labute approximate surface area is 169 Å². The van der Waals surface area contributed by atoms with Crippen molar-refractivity contribution in [2.75, 3.05) is 9.80 Å². The van der Waals surface area contributed by atoms with Gasteiger partial charge in [-0.1, -0.05) is 48.5 Å². The standard InChI is InChI=1S/C24H20N2O3/c1-17-16-22(27)26(24(29)19-12-6-3-7-13-19)21-15-9-8-14-20(21)25(17)23(28)18-10-4-2-5-11-18/h2-15,17H,16H2,1H3. The van der Waals surface area contributed by atoms with Gasteiger partial charge in [0.05, 0.1) is 11.4 Å². The Morgan fingerprint density at radius 3 is 1.79 bits per heavy atom. The van der Waals surface area contributed by atoms with Crippen LogP contribution in [0.15, 0.2) is 84.9 Å². The molecule has 3 aromatic rings. The molecule has 0 saturated heterocycles. The van der Waals surface area contributed by atoms with Crippen molar-refractivity contribution in [2.24, 2.45) is 0 Å². The fourth-order valence-corrected chi connectivity index (χ4v) is 3.63. The predicted octanol–water partition coefficient (Wildman–Crippen LogP) is 4.30. The number of para-hydroxylation sites is 2. The van der Waals surface area contributed by atoms with Gasteiger partial charge in [-0.05, 0) is 43.3 Å². The van der Waals surface area contributed by atoms with Crippen LogP contribution in [0.4, 0.5) is 11.4 Å². The van der Waals surface area contributed by atoms with Crippen LogP contribution in [0, 0.1) is 0 Å². The Kier molecular flexibility index (Phi) is 4.96. The van der Waals surface area contributed by atoms with Gasteiger partial charge in [0, 0.05) is 23.6 Å². The minimum Gasteiger partial charge on any atom is -0.303 e. The van der Waals surface area contributed by atoms with E-state index in [0.29, 0.717) is 22.5 Å². The second kappa shape index (κ2) is 7.72. The van der Waals surface area contributed by atoms with Gasteiger partial charge in [-0.25, -0.2) is 4.90 Å². The Morgan fingerprint density at radius 1 is 0.724 bits per heavy atom. The van der Waals surface area contributed by atoms with Crippen molar-refractivity contribution in [2.45, 2.75) is 19.4 Å². The molecule has 5 nitrogen and oxygen atoms in total. The minimum absolute atomic E-state index is 0.0474. The quantitative estimate of drug-likeness (QED) is 0.619. The Bertz CT molecular complexity index is 1060. The lowest BCUT2D eigenvalue weighted by atomic mass is 10.1. The molecule has 29 heavy (non-hydrogen) atoms. The van der Waals surface area contributed by atoms with Crippen molar-refractivity contribution < 1.29 is 14.4 Å². The number of benzene rings is 3. The van der Waals surface area contributed by atoms with E-state index in [1.807, 2.05) is 19.1 Å². The molecule has 1 aliphatic rings. The summed E-state index contributed by atoms with van der Waals surface area (Å²) in [4.78, 5) is 42.4. The van der Waals surface area contributed by atoms with E-state index >= 15 is 0 Å². The molecule has 0 radical (unpaired) electrons. The van der Waals surface area contributed by atoms with E-state index in [0.717, 1.165) is 0 Å². The first-order valence-electron chi connectivity index (χ1n) is 9.48. The van der Waals surface area contributed by atoms with Crippen molar-refractivity contribution in [3.8, 4) is 0 Å². The molecule has 0 spiro atoms. The molecule has 0 aromatic heterocycles. The number of nitrogens with zero attached hydrogens (tertiary/aromatic N) is 2. The van der Waals surface area contributed by atoms with Crippen LogP contribution >= 0.6 is 0 Å². The normalized spacial score (nSPS) is 16.2. The first-order valence-corrected chi connectivity index (χ1v) is 9.48. The lowest BCUT2D eigenvalue weighted by Crippen LogP contribution is -2.40. The molecule has 0 fully saturated rings. The van der Waals surface area contributed by atoms with Crippen LogP contribution in [0.25, 0.3) is 0 Å². The molecule has 0 bridgehead atoms. The number of anilines is 2. The summed E-state index contributed by atoms with van der Waals surface area (Å²) in [6, 6.07) is 24.3. The maximum absolute atomic E-state index is 13.3. The van der Waals surface area contributed by atoms with E-state index in [4.69, 9.17) is 0 Å². The zero-order valence-electron chi connectivity index (χ0n) is 16.0. The summed E-state index contributed by atoms with van der Waals surface area (Å²) in [5.41, 5.74) is 1.92. The van der Waals surface area contributed by atoms with Crippen molar-refractivity contribution in [3.05, 3.63) is 96.1 Å². The number of hydrogen-bond donors (Lipinski definition) is 0. The first kappa shape index (κ1) is 18.6. The van der Waals surface area contributed by atoms with Crippen LogP contribution in [-0.4, -0.2) is 23.8 Å². The molecule has 1 heterocycles. The van der Waals surface area contributed by atoms with E-state index in [1.54, 1.807) is 77.7 Å². The van der Waals surface area contributed by atoms with Crippen molar-refractivity contribution >= 4 is 29.1 Å². The lowest BCUT2D eigenvalue weighted by molar-refractivity contribution is -0.118. The number of rotatable bonds is 2. The molecule has 1 unspecified atom stereocenters. The molecule has 1 atom stereocenters. The van der Waals surface area contributed by atoms with Gasteiger partial charge in [0.2, 0.25) is 5.91 Å². The van der Waals surface area contributed by atoms with E-state index in [-0.39, 0.29) is 18.2 Å². The van der Waals surface area contributed by atoms with Gasteiger partial charge in [0.25, 0.3) is 11.8 Å². The minimum atomic E-state index is -0.399. The summed E-state index contributed by atoms with van der Waals surface area (Å²) in [6.07, 6.45) is 0.0474. The lowest BCUT2D eigenvalue weighted by Gasteiger charge is -2.28. The molecule has 0 aliphatic carbocycles. The van der Waals surface area contributed by atoms with Crippen LogP contribution in [0.3, 0.4) is 0 Å². The van der Waals surface area contributed by atoms with E-state index in [1.165, 1.54) is 4.90 Å². The van der Waals surface area contributed by atoms with Gasteiger partial charge in [0.15, 0.2) is 0 Å². The fraction of sp³-hybridized carbons (Fsp3) is 0.125. The molecular weight excluding hydrogens is 364 g/mol. The van der Waals surface area contributed by atoms with Crippen LogP contribution in [0.1, 0.15) is 34.1 Å². The largest absolute Gasteiger partial charge is 0.303 e. The summed E-state index contributed by atoms with van der Waals surface area (Å²) in [7, 11) is 0. The summed E-state index contributed by atoms with van der Waals surface area (Å²) in [6.45, 7) is 1.83. The van der Waals surface area contributed by atoms with E-state index in [9.17, 15) is 14.4 Å². The van der Waals surface area contributed by atoms with Crippen molar-refractivity contribution in [3.63, 3.8) is 0 Å². The highest BCUT2D eigenvalue weighted by Crippen LogP contribution is 2.36. The highest BCUT2D eigenvalue weighted by Gasteiger charge is 2.37. The second-order valence-electron chi connectivity index (χ2n) is 6.98. The third-order valence-corrected chi connectivity index (χ3v) is 5.01. The van der Waals surface area contributed by atoms with Crippen LogP contribution in [0.2, 0.25) is 0 Å². The predicted molar refractivity (Wildman–Crippen MR) is 112 cm³/mol. The molecule has 0 N–H and O–H groups in total. The number of amides is 3.